The highest BCUT2D eigenvalue weighted by Crippen LogP contribution is 2.33. The lowest BCUT2D eigenvalue weighted by Crippen LogP contribution is -2.39. The number of likely N-dealkylation sites (tertiary alicyclic amines) is 1. The number of nitrogens with zero attached hydrogens (tertiary/aromatic N) is 2. The van der Waals surface area contributed by atoms with Crippen LogP contribution in [0.4, 0.5) is 0 Å². The quantitative estimate of drug-likeness (QED) is 0.517. The molecule has 2 heterocycles. The van der Waals surface area contributed by atoms with E-state index in [0.717, 1.165) is 49.5 Å². The zero-order valence-corrected chi connectivity index (χ0v) is 18.5. The standard InChI is InChI=1S/C25H30N2O4/c1-18-22(26-25(31-18)20-11-12-23(28-2)24(14-20)29-3)16-27-13-7-10-21(15-27)30-17-19-8-5-4-6-9-19/h4-6,8-9,11-12,14,21H,7,10,13,15-17H2,1-3H3/t21-/m1/s1. The highest BCUT2D eigenvalue weighted by atomic mass is 16.5. The van der Waals surface area contributed by atoms with Gasteiger partial charge in [-0.25, -0.2) is 4.98 Å². The van der Waals surface area contributed by atoms with Gasteiger partial charge in [-0.3, -0.25) is 4.90 Å². The molecule has 1 aliphatic heterocycles. The fraction of sp³-hybridized carbons (Fsp3) is 0.400. The van der Waals surface area contributed by atoms with Gasteiger partial charge in [0.25, 0.3) is 0 Å². The van der Waals surface area contributed by atoms with Crippen molar-refractivity contribution in [2.45, 2.75) is 39.0 Å². The van der Waals surface area contributed by atoms with E-state index >= 15 is 0 Å². The Labute approximate surface area is 183 Å². The smallest absolute Gasteiger partial charge is 0.226 e. The van der Waals surface area contributed by atoms with Crippen molar-refractivity contribution in [3.8, 4) is 23.0 Å². The summed E-state index contributed by atoms with van der Waals surface area (Å²) in [6, 6.07) is 16.0. The number of aromatic nitrogens is 1. The van der Waals surface area contributed by atoms with Crippen LogP contribution in [-0.2, 0) is 17.9 Å². The van der Waals surface area contributed by atoms with Crippen molar-refractivity contribution in [1.29, 1.82) is 0 Å². The van der Waals surface area contributed by atoms with Gasteiger partial charge in [-0.15, -0.1) is 0 Å². The van der Waals surface area contributed by atoms with Gasteiger partial charge in [0.05, 0.1) is 32.6 Å². The van der Waals surface area contributed by atoms with Crippen molar-refractivity contribution in [2.24, 2.45) is 0 Å². The summed E-state index contributed by atoms with van der Waals surface area (Å²) in [4.78, 5) is 7.18. The Morgan fingerprint density at radius 2 is 1.87 bits per heavy atom. The van der Waals surface area contributed by atoms with E-state index in [1.165, 1.54) is 5.56 Å². The molecule has 0 N–H and O–H groups in total. The Kier molecular flexibility index (Phi) is 6.89. The molecule has 0 bridgehead atoms. The number of ether oxygens (including phenoxy) is 3. The first kappa shape index (κ1) is 21.4. The van der Waals surface area contributed by atoms with Crippen molar-refractivity contribution in [3.05, 3.63) is 65.5 Å². The lowest BCUT2D eigenvalue weighted by atomic mass is 10.1. The molecule has 6 heteroatoms. The van der Waals surface area contributed by atoms with Gasteiger partial charge >= 0.3 is 0 Å². The minimum atomic E-state index is 0.242. The second kappa shape index (κ2) is 9.98. The molecule has 2 aromatic carbocycles. The molecule has 6 nitrogen and oxygen atoms in total. The normalized spacial score (nSPS) is 16.9. The minimum Gasteiger partial charge on any atom is -0.493 e. The molecule has 31 heavy (non-hydrogen) atoms. The highest BCUT2D eigenvalue weighted by Gasteiger charge is 2.23. The minimum absolute atomic E-state index is 0.242. The number of methoxy groups -OCH3 is 2. The monoisotopic (exact) mass is 422 g/mol. The number of rotatable bonds is 8. The molecule has 3 aromatic rings. The molecule has 1 fully saturated rings. The van der Waals surface area contributed by atoms with Crippen LogP contribution in [0.25, 0.3) is 11.5 Å². The maximum absolute atomic E-state index is 6.18. The van der Waals surface area contributed by atoms with Crippen LogP contribution in [0.1, 0.15) is 29.9 Å². The summed E-state index contributed by atoms with van der Waals surface area (Å²) in [5.41, 5.74) is 3.05. The Morgan fingerprint density at radius 1 is 1.06 bits per heavy atom. The summed E-state index contributed by atoms with van der Waals surface area (Å²) >= 11 is 0. The number of hydrogen-bond acceptors (Lipinski definition) is 6. The van der Waals surface area contributed by atoms with Gasteiger partial charge in [0.15, 0.2) is 11.5 Å². The summed E-state index contributed by atoms with van der Waals surface area (Å²) in [6.45, 7) is 5.34. The first-order valence-electron chi connectivity index (χ1n) is 10.7. The van der Waals surface area contributed by atoms with Gasteiger partial charge in [0.1, 0.15) is 5.76 Å². The molecule has 0 aliphatic carbocycles. The van der Waals surface area contributed by atoms with Crippen LogP contribution in [0.3, 0.4) is 0 Å². The molecule has 0 unspecified atom stereocenters. The van der Waals surface area contributed by atoms with E-state index in [2.05, 4.69) is 29.2 Å². The number of oxazole rings is 1. The van der Waals surface area contributed by atoms with Crippen molar-refractivity contribution in [3.63, 3.8) is 0 Å². The molecular formula is C25H30N2O4. The Hall–Kier alpha value is -2.83. The molecule has 0 amide bonds. The summed E-state index contributed by atoms with van der Waals surface area (Å²) in [6.07, 6.45) is 2.46. The van der Waals surface area contributed by atoms with Crippen LogP contribution < -0.4 is 9.47 Å². The summed E-state index contributed by atoms with van der Waals surface area (Å²) in [7, 11) is 3.25. The predicted molar refractivity (Wildman–Crippen MR) is 119 cm³/mol. The number of benzene rings is 2. The molecule has 4 rings (SSSR count). The van der Waals surface area contributed by atoms with Crippen molar-refractivity contribution < 1.29 is 18.6 Å². The first-order valence-corrected chi connectivity index (χ1v) is 10.7. The zero-order chi connectivity index (χ0) is 21.6. The van der Waals surface area contributed by atoms with Crippen molar-refractivity contribution >= 4 is 0 Å². The van der Waals surface area contributed by atoms with Crippen molar-refractivity contribution in [1.82, 2.24) is 9.88 Å². The van der Waals surface area contributed by atoms with E-state index in [4.69, 9.17) is 23.6 Å². The maximum atomic E-state index is 6.18. The average Bonchev–Trinajstić information content (AvgIpc) is 3.18. The van der Waals surface area contributed by atoms with E-state index in [9.17, 15) is 0 Å². The molecule has 1 aromatic heterocycles. The zero-order valence-electron chi connectivity index (χ0n) is 18.5. The first-order chi connectivity index (χ1) is 15.2. The third kappa shape index (κ3) is 5.27. The molecule has 1 atom stereocenters. The lowest BCUT2D eigenvalue weighted by molar-refractivity contribution is -0.0123. The Morgan fingerprint density at radius 3 is 2.65 bits per heavy atom. The van der Waals surface area contributed by atoms with Crippen LogP contribution in [0, 0.1) is 6.92 Å². The van der Waals surface area contributed by atoms with Crippen LogP contribution in [0.15, 0.2) is 52.9 Å². The van der Waals surface area contributed by atoms with Crippen LogP contribution in [0.2, 0.25) is 0 Å². The van der Waals surface area contributed by atoms with E-state index in [1.807, 2.05) is 31.2 Å². The topological polar surface area (TPSA) is 57.0 Å². The van der Waals surface area contributed by atoms with E-state index in [-0.39, 0.29) is 6.10 Å². The molecular weight excluding hydrogens is 392 g/mol. The largest absolute Gasteiger partial charge is 0.493 e. The molecule has 0 saturated carbocycles. The molecule has 164 valence electrons. The lowest BCUT2D eigenvalue weighted by Gasteiger charge is -2.32. The maximum Gasteiger partial charge on any atom is 0.226 e. The van der Waals surface area contributed by atoms with Gasteiger partial charge in [-0.05, 0) is 50.1 Å². The van der Waals surface area contributed by atoms with E-state index < -0.39 is 0 Å². The van der Waals surface area contributed by atoms with Gasteiger partial charge in [0.2, 0.25) is 5.89 Å². The van der Waals surface area contributed by atoms with Gasteiger partial charge < -0.3 is 18.6 Å². The van der Waals surface area contributed by atoms with E-state index in [0.29, 0.717) is 24.0 Å². The third-order valence-electron chi connectivity index (χ3n) is 5.69. The van der Waals surface area contributed by atoms with Gasteiger partial charge in [-0.1, -0.05) is 30.3 Å². The molecule has 1 saturated heterocycles. The Bertz CT molecular complexity index is 986. The average molecular weight is 423 g/mol. The van der Waals surface area contributed by atoms with Crippen LogP contribution in [-0.4, -0.2) is 43.3 Å². The highest BCUT2D eigenvalue weighted by molar-refractivity contribution is 5.60. The second-order valence-corrected chi connectivity index (χ2v) is 7.89. The number of aryl methyl sites for hydroxylation is 1. The van der Waals surface area contributed by atoms with Crippen LogP contribution >= 0.6 is 0 Å². The predicted octanol–water partition coefficient (Wildman–Crippen LogP) is 4.85. The molecule has 1 aliphatic rings. The van der Waals surface area contributed by atoms with E-state index in [1.54, 1.807) is 14.2 Å². The molecule has 0 radical (unpaired) electrons. The van der Waals surface area contributed by atoms with Gasteiger partial charge in [-0.2, -0.15) is 0 Å². The number of hydrogen-bond donors (Lipinski definition) is 0. The molecule has 0 spiro atoms. The summed E-state index contributed by atoms with van der Waals surface area (Å²) < 4.78 is 22.9. The summed E-state index contributed by atoms with van der Waals surface area (Å²) in [5, 5.41) is 0. The number of piperidine rings is 1. The fourth-order valence-corrected chi connectivity index (χ4v) is 3.96. The fourth-order valence-electron chi connectivity index (χ4n) is 3.96. The van der Waals surface area contributed by atoms with Crippen LogP contribution in [0.5, 0.6) is 11.5 Å². The van der Waals surface area contributed by atoms with Crippen molar-refractivity contribution in [2.75, 3.05) is 27.3 Å². The second-order valence-electron chi connectivity index (χ2n) is 7.89. The summed E-state index contributed by atoms with van der Waals surface area (Å²) in [5.74, 6) is 2.79. The van der Waals surface area contributed by atoms with Gasteiger partial charge in [0, 0.05) is 18.7 Å². The third-order valence-corrected chi connectivity index (χ3v) is 5.69. The SMILES string of the molecule is COc1ccc(-c2nc(CN3CCC[C@@H](OCc4ccccc4)C3)c(C)o2)cc1OC. The Balaban J connectivity index is 1.40.